The number of fused-ring (bicyclic) bond motifs is 1. The van der Waals surface area contributed by atoms with E-state index in [1.54, 1.807) is 30.1 Å². The Morgan fingerprint density at radius 3 is 2.63 bits per heavy atom. The first-order valence-corrected chi connectivity index (χ1v) is 11.8. The van der Waals surface area contributed by atoms with E-state index in [0.29, 0.717) is 27.8 Å². The van der Waals surface area contributed by atoms with Crippen molar-refractivity contribution in [3.63, 3.8) is 0 Å². The lowest BCUT2D eigenvalue weighted by atomic mass is 10.1. The summed E-state index contributed by atoms with van der Waals surface area (Å²) in [6.45, 7) is 3.86. The molecule has 1 aliphatic heterocycles. The predicted octanol–water partition coefficient (Wildman–Crippen LogP) is 3.72. The number of hydrogen-bond donors (Lipinski definition) is 1. The van der Waals surface area contributed by atoms with Crippen LogP contribution in [0.25, 0.3) is 11.3 Å². The van der Waals surface area contributed by atoms with Crippen LogP contribution in [-0.4, -0.2) is 33.0 Å². The lowest BCUT2D eigenvalue weighted by molar-refractivity contribution is -0.120. The number of thiazole rings is 1. The number of aromatic nitrogens is 1. The molecule has 4 rings (SSSR count). The summed E-state index contributed by atoms with van der Waals surface area (Å²) in [7, 11) is -1.89. The highest BCUT2D eigenvalue weighted by Crippen LogP contribution is 2.38. The van der Waals surface area contributed by atoms with Crippen LogP contribution in [-0.2, 0) is 20.6 Å². The van der Waals surface area contributed by atoms with Gasteiger partial charge in [0.1, 0.15) is 5.75 Å². The molecule has 9 heteroatoms. The van der Waals surface area contributed by atoms with E-state index in [1.165, 1.54) is 11.3 Å². The Bertz CT molecular complexity index is 1220. The predicted molar refractivity (Wildman–Crippen MR) is 119 cm³/mol. The van der Waals surface area contributed by atoms with Gasteiger partial charge in [-0.15, -0.1) is 11.3 Å². The Morgan fingerprint density at radius 1 is 1.17 bits per heavy atom. The molecule has 0 bridgehead atoms. The summed E-state index contributed by atoms with van der Waals surface area (Å²) in [5.74, 6) is 0.386. The smallest absolute Gasteiger partial charge is 0.264 e. The normalized spacial score (nSPS) is 13.7. The van der Waals surface area contributed by atoms with Crippen LogP contribution >= 0.6 is 11.3 Å². The fourth-order valence-electron chi connectivity index (χ4n) is 3.20. The largest absolute Gasteiger partial charge is 0.482 e. The average molecular weight is 444 g/mol. The van der Waals surface area contributed by atoms with E-state index in [9.17, 15) is 13.2 Å². The van der Waals surface area contributed by atoms with Crippen molar-refractivity contribution in [3.05, 3.63) is 58.5 Å². The summed E-state index contributed by atoms with van der Waals surface area (Å²) in [6.07, 6.45) is 0. The fourth-order valence-corrected chi connectivity index (χ4v) is 5.45. The summed E-state index contributed by atoms with van der Waals surface area (Å²) in [6, 6.07) is 12.9. The molecule has 1 N–H and O–H groups in total. The number of nitrogens with zero attached hydrogens (tertiary/aromatic N) is 2. The van der Waals surface area contributed by atoms with Crippen molar-refractivity contribution in [2.75, 3.05) is 23.3 Å². The quantitative estimate of drug-likeness (QED) is 0.649. The van der Waals surface area contributed by atoms with Crippen LogP contribution in [0.5, 0.6) is 5.75 Å². The Hall–Kier alpha value is -2.91. The molecular weight excluding hydrogens is 422 g/mol. The second-order valence-electron chi connectivity index (χ2n) is 7.19. The van der Waals surface area contributed by atoms with Crippen LogP contribution in [0.4, 0.5) is 10.8 Å². The summed E-state index contributed by atoms with van der Waals surface area (Å²) < 4.78 is 33.2. The molecule has 0 atom stereocenters. The maximum atomic E-state index is 12.6. The van der Waals surface area contributed by atoms with Gasteiger partial charge in [0.05, 0.1) is 17.1 Å². The highest BCUT2D eigenvalue weighted by Gasteiger charge is 2.24. The van der Waals surface area contributed by atoms with Gasteiger partial charge < -0.3 is 9.64 Å². The van der Waals surface area contributed by atoms with Gasteiger partial charge in [-0.2, -0.15) is 0 Å². The lowest BCUT2D eigenvalue weighted by Gasteiger charge is -2.26. The monoisotopic (exact) mass is 443 g/mol. The minimum absolute atomic E-state index is 0.0193. The molecule has 2 aromatic carbocycles. The number of carbonyl (C=O) groups excluding carboxylic acids is 1. The zero-order valence-electron chi connectivity index (χ0n) is 16.8. The number of amides is 1. The van der Waals surface area contributed by atoms with Crippen molar-refractivity contribution in [2.45, 2.75) is 19.6 Å². The van der Waals surface area contributed by atoms with Crippen LogP contribution in [0.15, 0.2) is 42.5 Å². The molecule has 0 aliphatic carbocycles. The Labute approximate surface area is 179 Å². The second-order valence-corrected chi connectivity index (χ2v) is 10.1. The number of aryl methyl sites for hydroxylation is 2. The van der Waals surface area contributed by atoms with Crippen LogP contribution in [0.3, 0.4) is 0 Å². The standard InChI is InChI=1S/C21H21N3O4S2/c1-13-4-6-15(7-5-13)12-30(26,27)23-21-22-20(14(2)29-21)16-8-9-18-17(10-16)24(3)19(25)11-28-18/h4-10H,11-12H2,1-3H3,(H,22,23). The molecule has 0 radical (unpaired) electrons. The van der Waals surface area contributed by atoms with Gasteiger partial charge >= 0.3 is 0 Å². The number of carbonyl (C=O) groups is 1. The van der Waals surface area contributed by atoms with Crippen molar-refractivity contribution in [1.82, 2.24) is 4.98 Å². The molecular formula is C21H21N3O4S2. The third kappa shape index (κ3) is 4.17. The third-order valence-electron chi connectivity index (χ3n) is 4.84. The molecule has 156 valence electrons. The van der Waals surface area contributed by atoms with E-state index < -0.39 is 10.0 Å². The summed E-state index contributed by atoms with van der Waals surface area (Å²) in [5.41, 5.74) is 3.91. The summed E-state index contributed by atoms with van der Waals surface area (Å²) in [4.78, 5) is 18.8. The van der Waals surface area contributed by atoms with E-state index in [0.717, 1.165) is 16.0 Å². The van der Waals surface area contributed by atoms with Crippen LogP contribution in [0, 0.1) is 13.8 Å². The fraction of sp³-hybridized carbons (Fsp3) is 0.238. The van der Waals surface area contributed by atoms with E-state index in [-0.39, 0.29) is 18.3 Å². The van der Waals surface area contributed by atoms with Gasteiger partial charge in [-0.05, 0) is 37.6 Å². The molecule has 2 heterocycles. The minimum atomic E-state index is -3.59. The maximum absolute atomic E-state index is 12.6. The van der Waals surface area contributed by atoms with Crippen molar-refractivity contribution in [3.8, 4) is 17.0 Å². The Kier molecular flexibility index (Phi) is 5.25. The topological polar surface area (TPSA) is 88.6 Å². The van der Waals surface area contributed by atoms with Crippen molar-refractivity contribution < 1.29 is 17.9 Å². The van der Waals surface area contributed by atoms with Crippen LogP contribution in [0.1, 0.15) is 16.0 Å². The molecule has 0 unspecified atom stereocenters. The first kappa shape index (κ1) is 20.4. The molecule has 1 amide bonds. The number of nitrogens with one attached hydrogen (secondary N) is 1. The van der Waals surface area contributed by atoms with Crippen molar-refractivity contribution >= 4 is 38.1 Å². The second kappa shape index (κ2) is 7.73. The molecule has 30 heavy (non-hydrogen) atoms. The van der Waals surface area contributed by atoms with Crippen LogP contribution < -0.4 is 14.4 Å². The van der Waals surface area contributed by atoms with E-state index >= 15 is 0 Å². The molecule has 0 spiro atoms. The molecule has 3 aromatic rings. The van der Waals surface area contributed by atoms with Gasteiger partial charge in [-0.1, -0.05) is 29.8 Å². The van der Waals surface area contributed by atoms with E-state index in [4.69, 9.17) is 4.74 Å². The molecule has 1 aromatic heterocycles. The Morgan fingerprint density at radius 2 is 1.90 bits per heavy atom. The average Bonchev–Trinajstić information content (AvgIpc) is 3.05. The molecule has 0 saturated heterocycles. The summed E-state index contributed by atoms with van der Waals surface area (Å²) >= 11 is 1.27. The zero-order chi connectivity index (χ0) is 21.5. The first-order valence-electron chi connectivity index (χ1n) is 9.29. The number of likely N-dealkylation sites (N-methyl/N-ethyl adjacent to an activating group) is 1. The zero-order valence-corrected chi connectivity index (χ0v) is 18.4. The number of sulfonamides is 1. The number of hydrogen-bond acceptors (Lipinski definition) is 6. The van der Waals surface area contributed by atoms with Gasteiger partial charge in [-0.25, -0.2) is 13.4 Å². The van der Waals surface area contributed by atoms with Gasteiger partial charge in [-0.3, -0.25) is 9.52 Å². The number of ether oxygens (including phenoxy) is 1. The van der Waals surface area contributed by atoms with Gasteiger partial charge in [0.2, 0.25) is 10.0 Å². The number of rotatable bonds is 5. The number of benzene rings is 2. The highest BCUT2D eigenvalue weighted by molar-refractivity contribution is 7.92. The lowest BCUT2D eigenvalue weighted by Crippen LogP contribution is -2.35. The van der Waals surface area contributed by atoms with E-state index in [1.807, 2.05) is 38.1 Å². The molecule has 1 aliphatic rings. The maximum Gasteiger partial charge on any atom is 0.264 e. The highest BCUT2D eigenvalue weighted by atomic mass is 32.2. The number of anilines is 2. The minimum Gasteiger partial charge on any atom is -0.482 e. The molecule has 7 nitrogen and oxygen atoms in total. The van der Waals surface area contributed by atoms with Gasteiger partial charge in [0, 0.05) is 17.5 Å². The van der Waals surface area contributed by atoms with Crippen molar-refractivity contribution in [2.24, 2.45) is 0 Å². The molecule has 0 saturated carbocycles. The van der Waals surface area contributed by atoms with Crippen molar-refractivity contribution in [1.29, 1.82) is 0 Å². The van der Waals surface area contributed by atoms with E-state index in [2.05, 4.69) is 9.71 Å². The first-order chi connectivity index (χ1) is 14.2. The third-order valence-corrected chi connectivity index (χ3v) is 7.07. The Balaban J connectivity index is 1.58. The SMILES string of the molecule is Cc1ccc(CS(=O)(=O)Nc2nc(-c3ccc4c(c3)N(C)C(=O)CO4)c(C)s2)cc1. The van der Waals surface area contributed by atoms with Crippen LogP contribution in [0.2, 0.25) is 0 Å². The summed E-state index contributed by atoms with van der Waals surface area (Å²) in [5, 5.41) is 0.313. The van der Waals surface area contributed by atoms with Gasteiger partial charge in [0.25, 0.3) is 5.91 Å². The van der Waals surface area contributed by atoms with Gasteiger partial charge in [0.15, 0.2) is 11.7 Å². The molecule has 0 fully saturated rings.